The summed E-state index contributed by atoms with van der Waals surface area (Å²) in [6.07, 6.45) is 2.76. The lowest BCUT2D eigenvalue weighted by atomic mass is 10.1. The molecule has 0 bridgehead atoms. The molecule has 3 rings (SSSR count). The highest BCUT2D eigenvalue weighted by molar-refractivity contribution is 7.92. The van der Waals surface area contributed by atoms with E-state index in [1.54, 1.807) is 23.1 Å². The van der Waals surface area contributed by atoms with Crippen LogP contribution in [0.4, 0.5) is 5.69 Å². The van der Waals surface area contributed by atoms with Crippen molar-refractivity contribution < 1.29 is 27.5 Å². The summed E-state index contributed by atoms with van der Waals surface area (Å²) in [4.78, 5) is 28.3. The Morgan fingerprint density at radius 3 is 2.45 bits per heavy atom. The Balaban J connectivity index is 1.77. The van der Waals surface area contributed by atoms with Crippen molar-refractivity contribution >= 4 is 27.5 Å². The molecule has 2 aromatic carbocycles. The maximum atomic E-state index is 13.6. The fourth-order valence-corrected chi connectivity index (χ4v) is 5.37. The standard InChI is InChI=1S/C28H39N3O6S/c1-6-21(4)29-28(33)24(7-2)30(18-22-11-8-10-20(3)16-22)27(32)12-9-15-31(38(5,34)35)23-13-14-25-26(17-23)37-19-36-25/h8,10-11,13-14,16-17,21,24H,6-7,9,12,15,18-19H2,1-5H3,(H,29,33)/t21-,24+/m0/s1. The van der Waals surface area contributed by atoms with Crippen molar-refractivity contribution in [1.29, 1.82) is 0 Å². The minimum Gasteiger partial charge on any atom is -0.454 e. The topological polar surface area (TPSA) is 105 Å². The Labute approximate surface area is 226 Å². The van der Waals surface area contributed by atoms with E-state index >= 15 is 0 Å². The second-order valence-electron chi connectivity index (χ2n) is 9.73. The van der Waals surface area contributed by atoms with Crippen LogP contribution >= 0.6 is 0 Å². The lowest BCUT2D eigenvalue weighted by molar-refractivity contribution is -0.141. The first-order valence-electron chi connectivity index (χ1n) is 13.1. The predicted molar refractivity (Wildman–Crippen MR) is 148 cm³/mol. The Kier molecular flexibility index (Phi) is 10.0. The van der Waals surface area contributed by atoms with E-state index in [0.29, 0.717) is 30.2 Å². The summed E-state index contributed by atoms with van der Waals surface area (Å²) in [6.45, 7) is 8.30. The number of hydrogen-bond acceptors (Lipinski definition) is 6. The lowest BCUT2D eigenvalue weighted by Crippen LogP contribution is -2.50. The number of aryl methyl sites for hydroxylation is 1. The molecular formula is C28H39N3O6S. The predicted octanol–water partition coefficient (Wildman–Crippen LogP) is 3.99. The van der Waals surface area contributed by atoms with Gasteiger partial charge in [-0.05, 0) is 50.8 Å². The molecule has 0 fully saturated rings. The number of nitrogens with one attached hydrogen (secondary N) is 1. The summed E-state index contributed by atoms with van der Waals surface area (Å²) in [5, 5.41) is 3.01. The largest absolute Gasteiger partial charge is 0.454 e. The highest BCUT2D eigenvalue weighted by atomic mass is 32.2. The minimum atomic E-state index is -3.61. The van der Waals surface area contributed by atoms with Crippen LogP contribution in [0.25, 0.3) is 0 Å². The summed E-state index contributed by atoms with van der Waals surface area (Å²) < 4.78 is 37.2. The molecule has 0 aliphatic carbocycles. The normalized spacial score (nSPS) is 14.0. The molecule has 0 saturated carbocycles. The van der Waals surface area contributed by atoms with E-state index < -0.39 is 16.1 Å². The number of amides is 2. The van der Waals surface area contributed by atoms with Crippen LogP contribution in [-0.2, 0) is 26.2 Å². The number of carbonyl (C=O) groups is 2. The molecule has 2 atom stereocenters. The van der Waals surface area contributed by atoms with Gasteiger partial charge in [0, 0.05) is 31.6 Å². The van der Waals surface area contributed by atoms with Crippen molar-refractivity contribution in [3.63, 3.8) is 0 Å². The van der Waals surface area contributed by atoms with Crippen molar-refractivity contribution in [2.75, 3.05) is 23.9 Å². The quantitative estimate of drug-likeness (QED) is 0.408. The number of anilines is 1. The van der Waals surface area contributed by atoms with Crippen LogP contribution in [0.15, 0.2) is 42.5 Å². The zero-order valence-corrected chi connectivity index (χ0v) is 23.7. The molecule has 1 aliphatic heterocycles. The van der Waals surface area contributed by atoms with Gasteiger partial charge >= 0.3 is 0 Å². The van der Waals surface area contributed by atoms with Gasteiger partial charge in [0.15, 0.2) is 11.5 Å². The molecule has 2 amide bonds. The Morgan fingerprint density at radius 2 is 1.79 bits per heavy atom. The first-order valence-corrected chi connectivity index (χ1v) is 14.9. The second-order valence-corrected chi connectivity index (χ2v) is 11.6. The highest BCUT2D eigenvalue weighted by Crippen LogP contribution is 2.36. The van der Waals surface area contributed by atoms with Gasteiger partial charge in [-0.1, -0.05) is 43.7 Å². The summed E-state index contributed by atoms with van der Waals surface area (Å²) in [5.41, 5.74) is 2.45. The molecule has 0 unspecified atom stereocenters. The van der Waals surface area contributed by atoms with Gasteiger partial charge in [-0.15, -0.1) is 0 Å². The molecule has 10 heteroatoms. The first-order chi connectivity index (χ1) is 18.0. The monoisotopic (exact) mass is 545 g/mol. The van der Waals surface area contributed by atoms with E-state index in [0.717, 1.165) is 23.8 Å². The van der Waals surface area contributed by atoms with Gasteiger partial charge in [-0.25, -0.2) is 8.42 Å². The van der Waals surface area contributed by atoms with Gasteiger partial charge in [0.25, 0.3) is 0 Å². The maximum absolute atomic E-state index is 13.6. The van der Waals surface area contributed by atoms with E-state index in [4.69, 9.17) is 9.47 Å². The smallest absolute Gasteiger partial charge is 0.243 e. The van der Waals surface area contributed by atoms with E-state index in [1.807, 2.05) is 52.0 Å². The van der Waals surface area contributed by atoms with Crippen molar-refractivity contribution in [2.24, 2.45) is 0 Å². The van der Waals surface area contributed by atoms with Gasteiger partial charge in [0.1, 0.15) is 6.04 Å². The number of benzene rings is 2. The van der Waals surface area contributed by atoms with E-state index in [9.17, 15) is 18.0 Å². The number of nitrogens with zero attached hydrogens (tertiary/aromatic N) is 2. The average Bonchev–Trinajstić information content (AvgIpc) is 3.33. The summed E-state index contributed by atoms with van der Waals surface area (Å²) in [5.74, 6) is 0.665. The molecular weight excluding hydrogens is 506 g/mol. The Bertz CT molecular complexity index is 1230. The van der Waals surface area contributed by atoms with Crippen molar-refractivity contribution in [3.8, 4) is 11.5 Å². The minimum absolute atomic E-state index is 0.00232. The molecule has 208 valence electrons. The van der Waals surface area contributed by atoms with Gasteiger partial charge in [-0.3, -0.25) is 13.9 Å². The molecule has 0 saturated heterocycles. The number of fused-ring (bicyclic) bond motifs is 1. The van der Waals surface area contributed by atoms with E-state index in [1.165, 1.54) is 4.31 Å². The SMILES string of the molecule is CC[C@H](C(=O)N[C@@H](C)CC)N(Cc1cccc(C)c1)C(=O)CCCN(c1ccc2c(c1)OCO2)S(C)(=O)=O. The number of carbonyl (C=O) groups excluding carboxylic acids is 2. The third kappa shape index (κ3) is 7.63. The number of sulfonamides is 1. The number of rotatable bonds is 13. The Morgan fingerprint density at radius 1 is 1.05 bits per heavy atom. The summed E-state index contributed by atoms with van der Waals surface area (Å²) >= 11 is 0. The molecule has 0 aromatic heterocycles. The third-order valence-corrected chi connectivity index (χ3v) is 7.81. The van der Waals surface area contributed by atoms with Gasteiger partial charge in [0.05, 0.1) is 11.9 Å². The molecule has 1 heterocycles. The molecule has 2 aromatic rings. The maximum Gasteiger partial charge on any atom is 0.243 e. The number of ether oxygens (including phenoxy) is 2. The zero-order chi connectivity index (χ0) is 27.9. The van der Waals surface area contributed by atoms with Crippen LogP contribution in [0.3, 0.4) is 0 Å². The van der Waals surface area contributed by atoms with Crippen molar-refractivity contribution in [3.05, 3.63) is 53.6 Å². The fraction of sp³-hybridized carbons (Fsp3) is 0.500. The van der Waals surface area contributed by atoms with E-state index in [2.05, 4.69) is 5.32 Å². The molecule has 9 nitrogen and oxygen atoms in total. The molecule has 0 spiro atoms. The average molecular weight is 546 g/mol. The van der Waals surface area contributed by atoms with Crippen LogP contribution in [0, 0.1) is 6.92 Å². The third-order valence-electron chi connectivity index (χ3n) is 6.62. The molecule has 38 heavy (non-hydrogen) atoms. The lowest BCUT2D eigenvalue weighted by Gasteiger charge is -2.32. The molecule has 1 aliphatic rings. The van der Waals surface area contributed by atoms with Crippen LogP contribution in [0.5, 0.6) is 11.5 Å². The van der Waals surface area contributed by atoms with Gasteiger partial charge < -0.3 is 19.7 Å². The van der Waals surface area contributed by atoms with Crippen molar-refractivity contribution in [1.82, 2.24) is 10.2 Å². The zero-order valence-electron chi connectivity index (χ0n) is 22.9. The highest BCUT2D eigenvalue weighted by Gasteiger charge is 2.29. The molecule has 1 N–H and O–H groups in total. The van der Waals surface area contributed by atoms with Crippen LogP contribution in [-0.4, -0.2) is 56.8 Å². The Hall–Kier alpha value is -3.27. The second kappa shape index (κ2) is 13.0. The number of hydrogen-bond donors (Lipinski definition) is 1. The van der Waals surface area contributed by atoms with E-state index in [-0.39, 0.29) is 44.0 Å². The van der Waals surface area contributed by atoms with Crippen molar-refractivity contribution in [2.45, 2.75) is 72.0 Å². The van der Waals surface area contributed by atoms with Crippen LogP contribution in [0.2, 0.25) is 0 Å². The first kappa shape index (κ1) is 29.3. The van der Waals surface area contributed by atoms with Gasteiger partial charge in [0.2, 0.25) is 28.6 Å². The fourth-order valence-electron chi connectivity index (χ4n) is 4.41. The molecule has 0 radical (unpaired) electrons. The summed E-state index contributed by atoms with van der Waals surface area (Å²) in [6, 6.07) is 12.2. The van der Waals surface area contributed by atoms with Crippen LogP contribution < -0.4 is 19.1 Å². The summed E-state index contributed by atoms with van der Waals surface area (Å²) in [7, 11) is -3.61. The van der Waals surface area contributed by atoms with Crippen LogP contribution in [0.1, 0.15) is 57.6 Å². The van der Waals surface area contributed by atoms with Gasteiger partial charge in [-0.2, -0.15) is 0 Å².